The van der Waals surface area contributed by atoms with Crippen LogP contribution in [0.5, 0.6) is 0 Å². The standard InChI is InChI=1S/C15H19BrClN/c16-14-6-5-13(15(17)7-14)10-18(8-11-1-2-11)9-12-3-4-12/h5-7,11-12H,1-4,8-10H2. The largest absolute Gasteiger partial charge is 0.298 e. The highest BCUT2D eigenvalue weighted by atomic mass is 79.9. The van der Waals surface area contributed by atoms with Crippen molar-refractivity contribution >= 4 is 27.5 Å². The summed E-state index contributed by atoms with van der Waals surface area (Å²) in [5, 5.41) is 0.890. The lowest BCUT2D eigenvalue weighted by molar-refractivity contribution is 0.244. The number of halogens is 2. The summed E-state index contributed by atoms with van der Waals surface area (Å²) >= 11 is 9.79. The Bertz CT molecular complexity index is 413. The Morgan fingerprint density at radius 3 is 2.22 bits per heavy atom. The first-order valence-corrected chi connectivity index (χ1v) is 8.04. The summed E-state index contributed by atoms with van der Waals surface area (Å²) < 4.78 is 1.06. The van der Waals surface area contributed by atoms with Crippen LogP contribution in [0.25, 0.3) is 0 Å². The fourth-order valence-electron chi connectivity index (χ4n) is 2.43. The molecule has 0 unspecified atom stereocenters. The Labute approximate surface area is 123 Å². The van der Waals surface area contributed by atoms with Crippen LogP contribution in [0.1, 0.15) is 31.2 Å². The molecule has 0 bridgehead atoms. The molecule has 0 N–H and O–H groups in total. The molecule has 0 spiro atoms. The molecule has 3 rings (SSSR count). The molecule has 2 saturated carbocycles. The van der Waals surface area contributed by atoms with E-state index in [9.17, 15) is 0 Å². The molecule has 0 aromatic heterocycles. The van der Waals surface area contributed by atoms with Crippen molar-refractivity contribution in [1.29, 1.82) is 0 Å². The van der Waals surface area contributed by atoms with Gasteiger partial charge in [0.2, 0.25) is 0 Å². The summed E-state index contributed by atoms with van der Waals surface area (Å²) in [6.45, 7) is 3.55. The lowest BCUT2D eigenvalue weighted by Crippen LogP contribution is -2.28. The third-order valence-corrected chi connectivity index (χ3v) is 4.68. The van der Waals surface area contributed by atoms with Gasteiger partial charge >= 0.3 is 0 Å². The van der Waals surface area contributed by atoms with Gasteiger partial charge < -0.3 is 0 Å². The first kappa shape index (κ1) is 13.0. The molecule has 1 nitrogen and oxygen atoms in total. The minimum absolute atomic E-state index is 0.890. The molecule has 0 heterocycles. The summed E-state index contributed by atoms with van der Waals surface area (Å²) in [7, 11) is 0. The average molecular weight is 329 g/mol. The van der Waals surface area contributed by atoms with Crippen molar-refractivity contribution in [2.24, 2.45) is 11.8 Å². The van der Waals surface area contributed by atoms with Crippen molar-refractivity contribution in [3.05, 3.63) is 33.3 Å². The summed E-state index contributed by atoms with van der Waals surface area (Å²) in [5.74, 6) is 1.91. The predicted octanol–water partition coefficient (Wildman–Crippen LogP) is 4.72. The fourth-order valence-corrected chi connectivity index (χ4v) is 3.16. The molecular formula is C15H19BrClN. The summed E-state index contributed by atoms with van der Waals surface area (Å²) in [4.78, 5) is 2.62. The average Bonchev–Trinajstić information content (AvgIpc) is 3.18. The first-order valence-electron chi connectivity index (χ1n) is 6.87. The molecule has 0 radical (unpaired) electrons. The SMILES string of the molecule is Clc1cc(Br)ccc1CN(CC1CC1)CC1CC1. The Hall–Kier alpha value is -0.0500. The molecule has 2 fully saturated rings. The van der Waals surface area contributed by atoms with Crippen molar-refractivity contribution in [3.8, 4) is 0 Å². The van der Waals surface area contributed by atoms with E-state index in [4.69, 9.17) is 11.6 Å². The second-order valence-electron chi connectivity index (χ2n) is 5.82. The minimum Gasteiger partial charge on any atom is -0.298 e. The second-order valence-corrected chi connectivity index (χ2v) is 7.14. The molecule has 98 valence electrons. The molecule has 0 atom stereocenters. The van der Waals surface area contributed by atoms with Gasteiger partial charge in [-0.25, -0.2) is 0 Å². The molecule has 18 heavy (non-hydrogen) atoms. The van der Waals surface area contributed by atoms with Crippen LogP contribution >= 0.6 is 27.5 Å². The molecule has 3 heteroatoms. The van der Waals surface area contributed by atoms with Crippen LogP contribution in [0.4, 0.5) is 0 Å². The van der Waals surface area contributed by atoms with Gasteiger partial charge in [-0.2, -0.15) is 0 Å². The van der Waals surface area contributed by atoms with E-state index in [1.807, 2.05) is 6.07 Å². The number of benzene rings is 1. The van der Waals surface area contributed by atoms with Gasteiger partial charge in [-0.05, 0) is 55.2 Å². The smallest absolute Gasteiger partial charge is 0.0462 e. The van der Waals surface area contributed by atoms with Crippen molar-refractivity contribution < 1.29 is 0 Å². The molecular weight excluding hydrogens is 310 g/mol. The molecule has 2 aliphatic rings. The van der Waals surface area contributed by atoms with Gasteiger partial charge in [0.15, 0.2) is 0 Å². The van der Waals surface area contributed by atoms with Gasteiger partial charge in [-0.3, -0.25) is 4.90 Å². The molecule has 2 aliphatic carbocycles. The Balaban J connectivity index is 1.65. The minimum atomic E-state index is 0.890. The van der Waals surface area contributed by atoms with E-state index < -0.39 is 0 Å². The Kier molecular flexibility index (Phi) is 3.97. The van der Waals surface area contributed by atoms with Crippen molar-refractivity contribution in [1.82, 2.24) is 4.90 Å². The van der Waals surface area contributed by atoms with E-state index in [0.717, 1.165) is 27.9 Å². The lowest BCUT2D eigenvalue weighted by atomic mass is 10.2. The van der Waals surface area contributed by atoms with Gasteiger partial charge in [0.25, 0.3) is 0 Å². The third kappa shape index (κ3) is 3.72. The van der Waals surface area contributed by atoms with Gasteiger partial charge in [0.1, 0.15) is 0 Å². The third-order valence-electron chi connectivity index (χ3n) is 3.84. The van der Waals surface area contributed by atoms with Crippen LogP contribution in [0, 0.1) is 11.8 Å². The maximum Gasteiger partial charge on any atom is 0.0462 e. The normalized spacial score (nSPS) is 19.5. The van der Waals surface area contributed by atoms with Crippen LogP contribution in [0.3, 0.4) is 0 Å². The van der Waals surface area contributed by atoms with Crippen LogP contribution in [-0.2, 0) is 6.54 Å². The van der Waals surface area contributed by atoms with Gasteiger partial charge in [0, 0.05) is 29.1 Å². The van der Waals surface area contributed by atoms with Gasteiger partial charge in [-0.15, -0.1) is 0 Å². The van der Waals surface area contributed by atoms with Crippen molar-refractivity contribution in [2.75, 3.05) is 13.1 Å². The zero-order valence-corrected chi connectivity index (χ0v) is 12.9. The van der Waals surface area contributed by atoms with Crippen molar-refractivity contribution in [2.45, 2.75) is 32.2 Å². The van der Waals surface area contributed by atoms with Crippen LogP contribution in [0.15, 0.2) is 22.7 Å². The number of rotatable bonds is 6. The van der Waals surface area contributed by atoms with Crippen molar-refractivity contribution in [3.63, 3.8) is 0 Å². The summed E-state index contributed by atoms with van der Waals surface area (Å²) in [6.07, 6.45) is 5.70. The number of hydrogen-bond donors (Lipinski definition) is 0. The maximum absolute atomic E-state index is 6.32. The second kappa shape index (κ2) is 5.52. The zero-order chi connectivity index (χ0) is 12.5. The van der Waals surface area contributed by atoms with Gasteiger partial charge in [-0.1, -0.05) is 33.6 Å². The topological polar surface area (TPSA) is 3.24 Å². The van der Waals surface area contributed by atoms with Crippen LogP contribution in [-0.4, -0.2) is 18.0 Å². The fraction of sp³-hybridized carbons (Fsp3) is 0.600. The predicted molar refractivity (Wildman–Crippen MR) is 79.9 cm³/mol. The maximum atomic E-state index is 6.32. The zero-order valence-electron chi connectivity index (χ0n) is 10.5. The van der Waals surface area contributed by atoms with E-state index >= 15 is 0 Å². The highest BCUT2D eigenvalue weighted by molar-refractivity contribution is 9.10. The monoisotopic (exact) mass is 327 g/mol. The Morgan fingerprint density at radius 1 is 1.11 bits per heavy atom. The molecule has 0 amide bonds. The highest BCUT2D eigenvalue weighted by Crippen LogP contribution is 2.35. The quantitative estimate of drug-likeness (QED) is 0.730. The Morgan fingerprint density at radius 2 is 1.72 bits per heavy atom. The lowest BCUT2D eigenvalue weighted by Gasteiger charge is -2.22. The van der Waals surface area contributed by atoms with E-state index in [1.165, 1.54) is 44.3 Å². The van der Waals surface area contributed by atoms with E-state index in [1.54, 1.807) is 0 Å². The van der Waals surface area contributed by atoms with Crippen LogP contribution in [0.2, 0.25) is 5.02 Å². The van der Waals surface area contributed by atoms with Gasteiger partial charge in [0.05, 0.1) is 0 Å². The molecule has 1 aromatic rings. The van der Waals surface area contributed by atoms with Crippen LogP contribution < -0.4 is 0 Å². The summed E-state index contributed by atoms with van der Waals surface area (Å²) in [6, 6.07) is 6.25. The van der Waals surface area contributed by atoms with E-state index in [2.05, 4.69) is 33.0 Å². The molecule has 0 saturated heterocycles. The number of nitrogens with zero attached hydrogens (tertiary/aromatic N) is 1. The molecule has 0 aliphatic heterocycles. The number of hydrogen-bond acceptors (Lipinski definition) is 1. The highest BCUT2D eigenvalue weighted by Gasteiger charge is 2.29. The van der Waals surface area contributed by atoms with E-state index in [-0.39, 0.29) is 0 Å². The molecule has 1 aromatic carbocycles. The van der Waals surface area contributed by atoms with E-state index in [0.29, 0.717) is 0 Å². The first-order chi connectivity index (χ1) is 8.70. The summed E-state index contributed by atoms with van der Waals surface area (Å²) in [5.41, 5.74) is 1.26.